The van der Waals surface area contributed by atoms with Gasteiger partial charge in [-0.3, -0.25) is 9.80 Å². The monoisotopic (exact) mass is 251 g/mol. The molecule has 104 valence electrons. The molecule has 0 spiro atoms. The molecular weight excluding hydrogens is 222 g/mol. The summed E-state index contributed by atoms with van der Waals surface area (Å²) in [5.74, 6) is 0. The number of rotatable bonds is 3. The van der Waals surface area contributed by atoms with Gasteiger partial charge in [0.25, 0.3) is 0 Å². The van der Waals surface area contributed by atoms with E-state index in [1.165, 1.54) is 58.3 Å². The van der Waals surface area contributed by atoms with E-state index in [-0.39, 0.29) is 0 Å². The number of fused-ring (bicyclic) bond motifs is 1. The molecule has 4 atom stereocenters. The Kier molecular flexibility index (Phi) is 3.92. The maximum absolute atomic E-state index is 3.73. The normalized spacial score (nSPS) is 42.3. The first kappa shape index (κ1) is 12.9. The number of hydrogen-bond acceptors (Lipinski definition) is 3. The van der Waals surface area contributed by atoms with E-state index in [9.17, 15) is 0 Å². The van der Waals surface area contributed by atoms with Crippen LogP contribution in [0.25, 0.3) is 0 Å². The van der Waals surface area contributed by atoms with Crippen LogP contribution < -0.4 is 5.32 Å². The molecule has 3 aliphatic rings. The lowest BCUT2D eigenvalue weighted by Gasteiger charge is -2.45. The topological polar surface area (TPSA) is 18.5 Å². The molecule has 0 radical (unpaired) electrons. The van der Waals surface area contributed by atoms with Crippen LogP contribution in [0.4, 0.5) is 0 Å². The Morgan fingerprint density at radius 2 is 1.94 bits per heavy atom. The van der Waals surface area contributed by atoms with Crippen LogP contribution >= 0.6 is 0 Å². The summed E-state index contributed by atoms with van der Waals surface area (Å²) >= 11 is 0. The van der Waals surface area contributed by atoms with Gasteiger partial charge in [0.05, 0.1) is 0 Å². The van der Waals surface area contributed by atoms with Gasteiger partial charge in [0, 0.05) is 43.8 Å². The highest BCUT2D eigenvalue weighted by molar-refractivity contribution is 5.00. The SMILES string of the molecule is CCC1CN(C2CCN3CCCC23)C(CC)CN1. The van der Waals surface area contributed by atoms with Gasteiger partial charge in [0.15, 0.2) is 0 Å². The maximum Gasteiger partial charge on any atom is 0.0267 e. The van der Waals surface area contributed by atoms with E-state index in [4.69, 9.17) is 0 Å². The molecule has 0 amide bonds. The molecule has 3 heterocycles. The van der Waals surface area contributed by atoms with Crippen molar-refractivity contribution < 1.29 is 0 Å². The van der Waals surface area contributed by atoms with Gasteiger partial charge < -0.3 is 5.32 Å². The molecule has 4 unspecified atom stereocenters. The molecule has 18 heavy (non-hydrogen) atoms. The van der Waals surface area contributed by atoms with Crippen LogP contribution in [0.15, 0.2) is 0 Å². The number of nitrogens with one attached hydrogen (secondary N) is 1. The third-order valence-electron chi connectivity index (χ3n) is 5.50. The quantitative estimate of drug-likeness (QED) is 0.823. The summed E-state index contributed by atoms with van der Waals surface area (Å²) in [7, 11) is 0. The highest BCUT2D eigenvalue weighted by Gasteiger charge is 2.43. The van der Waals surface area contributed by atoms with Crippen molar-refractivity contribution in [2.45, 2.75) is 70.1 Å². The van der Waals surface area contributed by atoms with E-state index >= 15 is 0 Å². The minimum absolute atomic E-state index is 0.725. The summed E-state index contributed by atoms with van der Waals surface area (Å²) in [5.41, 5.74) is 0. The molecule has 1 N–H and O–H groups in total. The molecule has 3 aliphatic heterocycles. The predicted octanol–water partition coefficient (Wildman–Crippen LogP) is 1.69. The van der Waals surface area contributed by atoms with Crippen LogP contribution in [-0.4, -0.2) is 60.1 Å². The van der Waals surface area contributed by atoms with E-state index in [0.717, 1.165) is 24.2 Å². The van der Waals surface area contributed by atoms with Crippen LogP contribution in [0.1, 0.15) is 46.0 Å². The van der Waals surface area contributed by atoms with Crippen LogP contribution in [0.5, 0.6) is 0 Å². The lowest BCUT2D eigenvalue weighted by molar-refractivity contribution is 0.0631. The fraction of sp³-hybridized carbons (Fsp3) is 1.00. The summed E-state index contributed by atoms with van der Waals surface area (Å²) in [6, 6.07) is 3.24. The Morgan fingerprint density at radius 3 is 2.72 bits per heavy atom. The highest BCUT2D eigenvalue weighted by Crippen LogP contribution is 2.33. The van der Waals surface area contributed by atoms with Crippen LogP contribution in [0, 0.1) is 0 Å². The molecule has 3 saturated heterocycles. The van der Waals surface area contributed by atoms with E-state index in [2.05, 4.69) is 29.0 Å². The fourth-order valence-corrected chi connectivity index (χ4v) is 4.39. The molecule has 0 aromatic rings. The fourth-order valence-electron chi connectivity index (χ4n) is 4.39. The Balaban J connectivity index is 1.71. The second-order valence-corrected chi connectivity index (χ2v) is 6.37. The van der Waals surface area contributed by atoms with Gasteiger partial charge in [-0.25, -0.2) is 0 Å². The summed E-state index contributed by atoms with van der Waals surface area (Å²) in [6.45, 7) is 9.88. The first-order valence-corrected chi connectivity index (χ1v) is 8.06. The van der Waals surface area contributed by atoms with E-state index in [1.54, 1.807) is 0 Å². The maximum atomic E-state index is 3.73. The predicted molar refractivity (Wildman–Crippen MR) is 75.9 cm³/mol. The molecule has 3 fully saturated rings. The molecule has 0 aromatic carbocycles. The van der Waals surface area contributed by atoms with Gasteiger partial charge in [-0.1, -0.05) is 13.8 Å². The Bertz CT molecular complexity index is 281. The zero-order valence-corrected chi connectivity index (χ0v) is 12.1. The third kappa shape index (κ3) is 2.21. The smallest absolute Gasteiger partial charge is 0.0267 e. The molecule has 0 aromatic heterocycles. The van der Waals surface area contributed by atoms with Crippen molar-refractivity contribution in [2.24, 2.45) is 0 Å². The molecule has 3 nitrogen and oxygen atoms in total. The first-order chi connectivity index (χ1) is 8.83. The van der Waals surface area contributed by atoms with Gasteiger partial charge in [-0.2, -0.15) is 0 Å². The van der Waals surface area contributed by atoms with Crippen molar-refractivity contribution in [1.29, 1.82) is 0 Å². The summed E-state index contributed by atoms with van der Waals surface area (Å²) in [5, 5.41) is 3.73. The van der Waals surface area contributed by atoms with Crippen molar-refractivity contribution in [3.63, 3.8) is 0 Å². The largest absolute Gasteiger partial charge is 0.311 e. The van der Waals surface area contributed by atoms with Gasteiger partial charge in [0.2, 0.25) is 0 Å². The highest BCUT2D eigenvalue weighted by atomic mass is 15.3. The van der Waals surface area contributed by atoms with Gasteiger partial charge >= 0.3 is 0 Å². The second-order valence-electron chi connectivity index (χ2n) is 6.37. The molecule has 0 aliphatic carbocycles. The van der Waals surface area contributed by atoms with Gasteiger partial charge in [0.1, 0.15) is 0 Å². The van der Waals surface area contributed by atoms with Crippen LogP contribution in [-0.2, 0) is 0 Å². The lowest BCUT2D eigenvalue weighted by atomic mass is 9.97. The lowest BCUT2D eigenvalue weighted by Crippen LogP contribution is -2.60. The summed E-state index contributed by atoms with van der Waals surface area (Å²) in [4.78, 5) is 5.63. The third-order valence-corrected chi connectivity index (χ3v) is 5.50. The van der Waals surface area contributed by atoms with Crippen molar-refractivity contribution in [3.8, 4) is 0 Å². The average molecular weight is 251 g/mol. The van der Waals surface area contributed by atoms with Gasteiger partial charge in [-0.05, 0) is 38.6 Å². The molecule has 0 saturated carbocycles. The Labute approximate surface area is 112 Å². The second kappa shape index (κ2) is 5.48. The summed E-state index contributed by atoms with van der Waals surface area (Å²) in [6.07, 6.45) is 6.86. The van der Waals surface area contributed by atoms with Crippen molar-refractivity contribution in [1.82, 2.24) is 15.1 Å². The minimum Gasteiger partial charge on any atom is -0.311 e. The van der Waals surface area contributed by atoms with Crippen molar-refractivity contribution in [3.05, 3.63) is 0 Å². The number of nitrogens with zero attached hydrogens (tertiary/aromatic N) is 2. The number of hydrogen-bond donors (Lipinski definition) is 1. The molecule has 3 heteroatoms. The summed E-state index contributed by atoms with van der Waals surface area (Å²) < 4.78 is 0. The van der Waals surface area contributed by atoms with Gasteiger partial charge in [-0.15, -0.1) is 0 Å². The zero-order chi connectivity index (χ0) is 12.5. The van der Waals surface area contributed by atoms with Crippen molar-refractivity contribution >= 4 is 0 Å². The van der Waals surface area contributed by atoms with Crippen molar-refractivity contribution in [2.75, 3.05) is 26.2 Å². The first-order valence-electron chi connectivity index (χ1n) is 8.06. The molecule has 0 bridgehead atoms. The van der Waals surface area contributed by atoms with E-state index in [0.29, 0.717) is 0 Å². The van der Waals surface area contributed by atoms with E-state index in [1.807, 2.05) is 0 Å². The minimum atomic E-state index is 0.725. The Hall–Kier alpha value is -0.120. The molecular formula is C15H29N3. The number of piperazine rings is 1. The standard InChI is InChI=1S/C15H29N3/c1-3-12-11-18(13(4-2)10-16-12)15-7-9-17-8-5-6-14(15)17/h12-16H,3-11H2,1-2H3. The zero-order valence-electron chi connectivity index (χ0n) is 12.1. The Morgan fingerprint density at radius 1 is 1.06 bits per heavy atom. The molecule has 3 rings (SSSR count). The van der Waals surface area contributed by atoms with Crippen LogP contribution in [0.2, 0.25) is 0 Å². The average Bonchev–Trinajstić information content (AvgIpc) is 3.00. The van der Waals surface area contributed by atoms with Crippen LogP contribution in [0.3, 0.4) is 0 Å². The van der Waals surface area contributed by atoms with E-state index < -0.39 is 0 Å².